The molecule has 0 saturated carbocycles. The van der Waals surface area contributed by atoms with E-state index in [-0.39, 0.29) is 5.56 Å². The second kappa shape index (κ2) is 7.56. The number of hydrogen-bond donors (Lipinski definition) is 1. The van der Waals surface area contributed by atoms with E-state index in [1.54, 1.807) is 17.0 Å². The van der Waals surface area contributed by atoms with Crippen LogP contribution < -0.4 is 10.9 Å². The monoisotopic (exact) mass is 293 g/mol. The minimum Gasteiger partial charge on any atom is -0.364 e. The van der Waals surface area contributed by atoms with Crippen molar-refractivity contribution >= 4 is 5.82 Å². The van der Waals surface area contributed by atoms with E-state index in [9.17, 15) is 4.79 Å². The number of likely N-dealkylation sites (N-methyl/N-ethyl adjacent to an activating group) is 1. The Morgan fingerprint density at radius 1 is 1.29 bits per heavy atom. The first-order chi connectivity index (χ1) is 10.1. The number of hydrogen-bond acceptors (Lipinski definition) is 5. The minimum absolute atomic E-state index is 0.0235. The third-order valence-electron chi connectivity index (χ3n) is 3.79. The Bertz CT molecular complexity index is 491. The van der Waals surface area contributed by atoms with E-state index in [1.807, 2.05) is 0 Å². The van der Waals surface area contributed by atoms with Crippen LogP contribution in [0.15, 0.2) is 17.2 Å². The summed E-state index contributed by atoms with van der Waals surface area (Å²) >= 11 is 0. The number of aromatic nitrogens is 2. The Kier molecular flexibility index (Phi) is 5.76. The first kappa shape index (κ1) is 16.0. The van der Waals surface area contributed by atoms with Gasteiger partial charge in [0.25, 0.3) is 5.56 Å². The molecule has 1 fully saturated rings. The number of anilines is 1. The van der Waals surface area contributed by atoms with Crippen LogP contribution in [0.1, 0.15) is 13.8 Å². The smallest absolute Gasteiger partial charge is 0.293 e. The van der Waals surface area contributed by atoms with Crippen LogP contribution in [0.3, 0.4) is 0 Å². The Balaban J connectivity index is 1.84. The standard InChI is InChI=1S/C15H27N5O/c1-13(2)12-20-7-5-17-14(15(20)21)16-4-6-19-10-8-18(3)9-11-19/h5,7,13H,4,6,8-12H2,1-3H3,(H,16,17). The molecule has 6 heteroatoms. The molecular weight excluding hydrogens is 266 g/mol. The van der Waals surface area contributed by atoms with Gasteiger partial charge in [-0.3, -0.25) is 9.69 Å². The van der Waals surface area contributed by atoms with Gasteiger partial charge in [-0.05, 0) is 13.0 Å². The molecule has 1 aliphatic heterocycles. The molecule has 0 amide bonds. The second-order valence-electron chi connectivity index (χ2n) is 6.20. The highest BCUT2D eigenvalue weighted by atomic mass is 16.1. The zero-order valence-electron chi connectivity index (χ0n) is 13.4. The number of piperazine rings is 1. The molecule has 0 bridgehead atoms. The third kappa shape index (κ3) is 4.82. The molecule has 0 unspecified atom stereocenters. The van der Waals surface area contributed by atoms with Gasteiger partial charge < -0.3 is 14.8 Å². The molecule has 0 radical (unpaired) electrons. The van der Waals surface area contributed by atoms with Crippen molar-refractivity contribution in [1.82, 2.24) is 19.4 Å². The average Bonchev–Trinajstić information content (AvgIpc) is 2.44. The fraction of sp³-hybridized carbons (Fsp3) is 0.733. The summed E-state index contributed by atoms with van der Waals surface area (Å²) < 4.78 is 1.73. The van der Waals surface area contributed by atoms with Gasteiger partial charge >= 0.3 is 0 Å². The summed E-state index contributed by atoms with van der Waals surface area (Å²) in [5, 5.41) is 3.19. The molecule has 0 aromatic carbocycles. The van der Waals surface area contributed by atoms with Crippen molar-refractivity contribution in [2.75, 3.05) is 51.6 Å². The van der Waals surface area contributed by atoms with Gasteiger partial charge in [0.2, 0.25) is 0 Å². The van der Waals surface area contributed by atoms with Crippen LogP contribution in [0.2, 0.25) is 0 Å². The molecule has 1 aromatic rings. The summed E-state index contributed by atoms with van der Waals surface area (Å²) in [4.78, 5) is 21.2. The summed E-state index contributed by atoms with van der Waals surface area (Å²) in [7, 11) is 2.15. The molecule has 118 valence electrons. The lowest BCUT2D eigenvalue weighted by Crippen LogP contribution is -2.46. The summed E-state index contributed by atoms with van der Waals surface area (Å²) in [6.45, 7) is 11.1. The van der Waals surface area contributed by atoms with Gasteiger partial charge in [-0.1, -0.05) is 13.8 Å². The Hall–Kier alpha value is -1.40. The predicted molar refractivity (Wildman–Crippen MR) is 85.8 cm³/mol. The topological polar surface area (TPSA) is 53.4 Å². The van der Waals surface area contributed by atoms with Crippen LogP contribution in [0, 0.1) is 5.92 Å². The van der Waals surface area contributed by atoms with Gasteiger partial charge in [-0.15, -0.1) is 0 Å². The van der Waals surface area contributed by atoms with E-state index in [0.29, 0.717) is 11.7 Å². The van der Waals surface area contributed by atoms with Crippen molar-refractivity contribution in [3.63, 3.8) is 0 Å². The van der Waals surface area contributed by atoms with Crippen LogP contribution in [0.5, 0.6) is 0 Å². The van der Waals surface area contributed by atoms with Gasteiger partial charge in [0, 0.05) is 58.2 Å². The zero-order valence-corrected chi connectivity index (χ0v) is 13.4. The summed E-state index contributed by atoms with van der Waals surface area (Å²) in [6, 6.07) is 0. The molecule has 1 saturated heterocycles. The van der Waals surface area contributed by atoms with E-state index in [0.717, 1.165) is 45.8 Å². The molecule has 2 heterocycles. The van der Waals surface area contributed by atoms with E-state index < -0.39 is 0 Å². The number of rotatable bonds is 6. The summed E-state index contributed by atoms with van der Waals surface area (Å²) in [5.74, 6) is 0.913. The fourth-order valence-corrected chi connectivity index (χ4v) is 2.51. The minimum atomic E-state index is -0.0235. The normalized spacial score (nSPS) is 17.3. The van der Waals surface area contributed by atoms with Crippen molar-refractivity contribution < 1.29 is 0 Å². The molecule has 2 rings (SSSR count). The van der Waals surface area contributed by atoms with Crippen LogP contribution in [-0.2, 0) is 6.54 Å². The Labute approximate surface area is 126 Å². The lowest BCUT2D eigenvalue weighted by Gasteiger charge is -2.32. The number of nitrogens with one attached hydrogen (secondary N) is 1. The van der Waals surface area contributed by atoms with Crippen LogP contribution >= 0.6 is 0 Å². The molecule has 1 N–H and O–H groups in total. The fourth-order valence-electron chi connectivity index (χ4n) is 2.51. The average molecular weight is 293 g/mol. The summed E-state index contributed by atoms with van der Waals surface area (Å²) in [5.41, 5.74) is -0.0235. The van der Waals surface area contributed by atoms with E-state index >= 15 is 0 Å². The molecule has 21 heavy (non-hydrogen) atoms. The Morgan fingerprint density at radius 2 is 2.00 bits per heavy atom. The van der Waals surface area contributed by atoms with E-state index in [2.05, 4.69) is 41.0 Å². The maximum Gasteiger partial charge on any atom is 0.293 e. The van der Waals surface area contributed by atoms with Gasteiger partial charge in [-0.25, -0.2) is 4.98 Å². The molecule has 0 spiro atoms. The number of nitrogens with zero attached hydrogens (tertiary/aromatic N) is 4. The van der Waals surface area contributed by atoms with Crippen molar-refractivity contribution in [1.29, 1.82) is 0 Å². The van der Waals surface area contributed by atoms with Crippen LogP contribution in [-0.4, -0.2) is 65.7 Å². The van der Waals surface area contributed by atoms with Crippen molar-refractivity contribution in [3.8, 4) is 0 Å². The van der Waals surface area contributed by atoms with Gasteiger partial charge in [0.15, 0.2) is 5.82 Å². The lowest BCUT2D eigenvalue weighted by molar-refractivity contribution is 0.158. The molecule has 1 aliphatic rings. The maximum absolute atomic E-state index is 12.2. The van der Waals surface area contributed by atoms with Crippen LogP contribution in [0.4, 0.5) is 5.82 Å². The quantitative estimate of drug-likeness (QED) is 0.830. The van der Waals surface area contributed by atoms with Crippen LogP contribution in [0.25, 0.3) is 0 Å². The highest BCUT2D eigenvalue weighted by Crippen LogP contribution is 2.00. The predicted octanol–water partition coefficient (Wildman–Crippen LogP) is 0.559. The summed E-state index contributed by atoms with van der Waals surface area (Å²) in [6.07, 6.45) is 3.45. The van der Waals surface area contributed by atoms with Gasteiger partial charge in [0.1, 0.15) is 0 Å². The highest BCUT2D eigenvalue weighted by Gasteiger charge is 2.13. The molecule has 6 nitrogen and oxygen atoms in total. The first-order valence-electron chi connectivity index (χ1n) is 7.76. The highest BCUT2D eigenvalue weighted by molar-refractivity contribution is 5.30. The first-order valence-corrected chi connectivity index (χ1v) is 7.76. The largest absolute Gasteiger partial charge is 0.364 e. The molecule has 0 atom stereocenters. The van der Waals surface area contributed by atoms with Crippen molar-refractivity contribution in [2.45, 2.75) is 20.4 Å². The third-order valence-corrected chi connectivity index (χ3v) is 3.79. The van der Waals surface area contributed by atoms with Gasteiger partial charge in [-0.2, -0.15) is 0 Å². The van der Waals surface area contributed by atoms with E-state index in [4.69, 9.17) is 0 Å². The molecular formula is C15H27N5O. The zero-order chi connectivity index (χ0) is 15.2. The Morgan fingerprint density at radius 3 is 2.67 bits per heavy atom. The van der Waals surface area contributed by atoms with Crippen molar-refractivity contribution in [2.24, 2.45) is 5.92 Å². The van der Waals surface area contributed by atoms with Crippen molar-refractivity contribution in [3.05, 3.63) is 22.7 Å². The van der Waals surface area contributed by atoms with Gasteiger partial charge in [0.05, 0.1) is 0 Å². The lowest BCUT2D eigenvalue weighted by atomic mass is 10.2. The SMILES string of the molecule is CC(C)Cn1ccnc(NCCN2CCN(C)CC2)c1=O. The van der Waals surface area contributed by atoms with E-state index in [1.165, 1.54) is 0 Å². The molecule has 1 aromatic heterocycles. The second-order valence-corrected chi connectivity index (χ2v) is 6.20. The molecule has 0 aliphatic carbocycles. The maximum atomic E-state index is 12.2.